The second-order valence-corrected chi connectivity index (χ2v) is 6.58. The molecule has 0 spiro atoms. The Morgan fingerprint density at radius 1 is 1.16 bits per heavy atom. The van der Waals surface area contributed by atoms with Crippen LogP contribution in [0.15, 0.2) is 54.6 Å². The number of carbonyl (C=O) groups excluding carboxylic acids is 2. The van der Waals surface area contributed by atoms with Crippen molar-refractivity contribution in [3.63, 3.8) is 0 Å². The molecule has 3 rings (SSSR count). The summed E-state index contributed by atoms with van der Waals surface area (Å²) in [5, 5.41) is 0. The summed E-state index contributed by atoms with van der Waals surface area (Å²) in [7, 11) is 1.35. The Balaban J connectivity index is 1.89. The van der Waals surface area contributed by atoms with E-state index in [4.69, 9.17) is 4.74 Å². The maximum Gasteiger partial charge on any atom is 0.320 e. The molecular weight excluding hydrogens is 312 g/mol. The van der Waals surface area contributed by atoms with Gasteiger partial charge in [0.2, 0.25) is 0 Å². The van der Waals surface area contributed by atoms with Crippen LogP contribution < -0.4 is 0 Å². The monoisotopic (exact) mass is 334 g/mol. The van der Waals surface area contributed by atoms with Gasteiger partial charge in [0.05, 0.1) is 7.11 Å². The molecule has 0 radical (unpaired) electrons. The van der Waals surface area contributed by atoms with Gasteiger partial charge in [-0.2, -0.15) is 0 Å². The Bertz CT molecular complexity index is 817. The summed E-state index contributed by atoms with van der Waals surface area (Å²) in [6.45, 7) is 2.04. The quantitative estimate of drug-likeness (QED) is 0.615. The summed E-state index contributed by atoms with van der Waals surface area (Å²) >= 11 is 0. The lowest BCUT2D eigenvalue weighted by Crippen LogP contribution is -2.43. The Labute approximate surface area is 148 Å². The van der Waals surface area contributed by atoms with Gasteiger partial charge in [-0.05, 0) is 37.3 Å². The maximum absolute atomic E-state index is 13.1. The second-order valence-electron chi connectivity index (χ2n) is 6.58. The van der Waals surface area contributed by atoms with E-state index in [9.17, 15) is 9.59 Å². The number of allylic oxidation sites excluding steroid dienone is 1. The first-order chi connectivity index (χ1) is 12.1. The number of methoxy groups -OCH3 is 1. The number of ketones is 1. The molecule has 1 atom stereocenters. The van der Waals surface area contributed by atoms with Gasteiger partial charge >= 0.3 is 5.97 Å². The number of benzene rings is 2. The number of carbonyl (C=O) groups is 2. The lowest BCUT2D eigenvalue weighted by Gasteiger charge is -2.33. The van der Waals surface area contributed by atoms with Crippen LogP contribution in [0, 0.1) is 12.3 Å². The topological polar surface area (TPSA) is 43.4 Å². The fourth-order valence-electron chi connectivity index (χ4n) is 3.42. The highest BCUT2D eigenvalue weighted by Gasteiger charge is 2.48. The zero-order chi connectivity index (χ0) is 17.9. The van der Waals surface area contributed by atoms with E-state index in [1.54, 1.807) is 6.07 Å². The summed E-state index contributed by atoms with van der Waals surface area (Å²) in [5.41, 5.74) is 2.78. The van der Waals surface area contributed by atoms with Crippen LogP contribution in [-0.2, 0) is 16.0 Å². The summed E-state index contributed by atoms with van der Waals surface area (Å²) in [6.07, 6.45) is 5.40. The Kier molecular flexibility index (Phi) is 4.84. The molecule has 0 fully saturated rings. The number of hydrogen-bond donors (Lipinski definition) is 0. The van der Waals surface area contributed by atoms with Crippen molar-refractivity contribution in [1.29, 1.82) is 0 Å². The molecule has 3 nitrogen and oxygen atoms in total. The van der Waals surface area contributed by atoms with E-state index in [0.717, 1.165) is 11.1 Å². The van der Waals surface area contributed by atoms with Gasteiger partial charge in [0.15, 0.2) is 5.78 Å². The molecule has 2 aromatic rings. The number of esters is 1. The zero-order valence-electron chi connectivity index (χ0n) is 14.6. The van der Waals surface area contributed by atoms with E-state index in [1.807, 2.05) is 61.5 Å². The third-order valence-corrected chi connectivity index (χ3v) is 4.95. The number of rotatable bonds is 4. The SMILES string of the molecule is COC(=O)[C@@]1(C/C=C/c2ccc(C)cc2)CCc2ccccc2C1=O. The van der Waals surface area contributed by atoms with Crippen molar-refractivity contribution in [3.05, 3.63) is 76.9 Å². The van der Waals surface area contributed by atoms with E-state index in [0.29, 0.717) is 24.8 Å². The van der Waals surface area contributed by atoms with Crippen LogP contribution in [0.5, 0.6) is 0 Å². The second kappa shape index (κ2) is 7.06. The lowest BCUT2D eigenvalue weighted by atomic mass is 9.68. The van der Waals surface area contributed by atoms with Crippen LogP contribution in [0.1, 0.15) is 39.9 Å². The average Bonchev–Trinajstić information content (AvgIpc) is 2.65. The predicted octanol–water partition coefficient (Wildman–Crippen LogP) is 4.39. The molecule has 3 heteroatoms. The molecule has 128 valence electrons. The first-order valence-electron chi connectivity index (χ1n) is 8.51. The van der Waals surface area contributed by atoms with Crippen LogP contribution in [0.4, 0.5) is 0 Å². The third kappa shape index (κ3) is 3.27. The molecule has 1 aliphatic carbocycles. The van der Waals surface area contributed by atoms with Crippen LogP contribution >= 0.6 is 0 Å². The molecule has 2 aromatic carbocycles. The van der Waals surface area contributed by atoms with E-state index in [2.05, 4.69) is 0 Å². The van der Waals surface area contributed by atoms with Crippen molar-refractivity contribution < 1.29 is 14.3 Å². The van der Waals surface area contributed by atoms with Crippen molar-refractivity contribution in [2.75, 3.05) is 7.11 Å². The smallest absolute Gasteiger partial charge is 0.320 e. The average molecular weight is 334 g/mol. The maximum atomic E-state index is 13.1. The Morgan fingerprint density at radius 3 is 2.60 bits per heavy atom. The molecule has 1 aliphatic rings. The summed E-state index contributed by atoms with van der Waals surface area (Å²) < 4.78 is 5.00. The van der Waals surface area contributed by atoms with Gasteiger partial charge in [-0.1, -0.05) is 66.2 Å². The molecule has 0 bridgehead atoms. The minimum Gasteiger partial charge on any atom is -0.468 e. The van der Waals surface area contributed by atoms with Gasteiger partial charge in [0, 0.05) is 5.56 Å². The van der Waals surface area contributed by atoms with E-state index < -0.39 is 11.4 Å². The third-order valence-electron chi connectivity index (χ3n) is 4.95. The molecule has 25 heavy (non-hydrogen) atoms. The largest absolute Gasteiger partial charge is 0.468 e. The summed E-state index contributed by atoms with van der Waals surface area (Å²) in [4.78, 5) is 25.6. The highest BCUT2D eigenvalue weighted by atomic mass is 16.5. The van der Waals surface area contributed by atoms with Crippen molar-refractivity contribution in [2.45, 2.75) is 26.2 Å². The number of Topliss-reactive ketones (excluding diaryl/α,β-unsaturated/α-hetero) is 1. The molecule has 0 amide bonds. The number of ether oxygens (including phenoxy) is 1. The molecule has 0 N–H and O–H groups in total. The van der Waals surface area contributed by atoms with E-state index in [1.165, 1.54) is 12.7 Å². The summed E-state index contributed by atoms with van der Waals surface area (Å²) in [5.74, 6) is -0.574. The van der Waals surface area contributed by atoms with Gasteiger partial charge in [0.1, 0.15) is 5.41 Å². The number of hydrogen-bond acceptors (Lipinski definition) is 3. The van der Waals surface area contributed by atoms with E-state index in [-0.39, 0.29) is 5.78 Å². The van der Waals surface area contributed by atoms with Gasteiger partial charge < -0.3 is 4.74 Å². The lowest BCUT2D eigenvalue weighted by molar-refractivity contribution is -0.150. The van der Waals surface area contributed by atoms with Gasteiger partial charge in [-0.25, -0.2) is 0 Å². The predicted molar refractivity (Wildman–Crippen MR) is 98.4 cm³/mol. The van der Waals surface area contributed by atoms with Crippen LogP contribution in [-0.4, -0.2) is 18.9 Å². The highest BCUT2D eigenvalue weighted by molar-refractivity contribution is 6.14. The molecule has 0 saturated carbocycles. The number of aryl methyl sites for hydroxylation is 2. The molecule has 0 heterocycles. The normalized spacial score (nSPS) is 19.7. The Hall–Kier alpha value is -2.68. The van der Waals surface area contributed by atoms with Crippen molar-refractivity contribution in [3.8, 4) is 0 Å². The van der Waals surface area contributed by atoms with Crippen molar-refractivity contribution in [1.82, 2.24) is 0 Å². The summed E-state index contributed by atoms with van der Waals surface area (Å²) in [6, 6.07) is 15.6. The van der Waals surface area contributed by atoms with E-state index >= 15 is 0 Å². The molecule has 0 aromatic heterocycles. The van der Waals surface area contributed by atoms with Gasteiger partial charge in [-0.3, -0.25) is 9.59 Å². The molecule has 0 saturated heterocycles. The first-order valence-corrected chi connectivity index (χ1v) is 8.51. The molecule has 0 aliphatic heterocycles. The van der Waals surface area contributed by atoms with Crippen LogP contribution in [0.3, 0.4) is 0 Å². The first kappa shape index (κ1) is 17.2. The Morgan fingerprint density at radius 2 is 1.88 bits per heavy atom. The number of fused-ring (bicyclic) bond motifs is 1. The fourth-order valence-corrected chi connectivity index (χ4v) is 3.42. The minimum absolute atomic E-state index is 0.130. The highest BCUT2D eigenvalue weighted by Crippen LogP contribution is 2.40. The zero-order valence-corrected chi connectivity index (χ0v) is 14.6. The molecule has 0 unspecified atom stereocenters. The van der Waals surface area contributed by atoms with Gasteiger partial charge in [-0.15, -0.1) is 0 Å². The molecular formula is C22H22O3. The van der Waals surface area contributed by atoms with Crippen LogP contribution in [0.25, 0.3) is 6.08 Å². The minimum atomic E-state index is -1.12. The van der Waals surface area contributed by atoms with Crippen molar-refractivity contribution >= 4 is 17.8 Å². The fraction of sp³-hybridized carbons (Fsp3) is 0.273. The standard InChI is InChI=1S/C22H22O3/c1-16-9-11-17(12-10-16)6-5-14-22(21(24)25-2)15-13-18-7-3-4-8-19(18)20(22)23/h3-12H,13-15H2,1-2H3/b6-5+/t22-/m0/s1. The van der Waals surface area contributed by atoms with Crippen molar-refractivity contribution in [2.24, 2.45) is 5.41 Å². The van der Waals surface area contributed by atoms with Gasteiger partial charge in [0.25, 0.3) is 0 Å². The van der Waals surface area contributed by atoms with Crippen LogP contribution in [0.2, 0.25) is 0 Å².